The van der Waals surface area contributed by atoms with Gasteiger partial charge in [0.1, 0.15) is 23.1 Å². The number of nitrogens with two attached hydrogens (primary N) is 1. The molecule has 0 bridgehead atoms. The molecule has 0 amide bonds. The van der Waals surface area contributed by atoms with Crippen LogP contribution in [0.1, 0.15) is 43.5 Å². The summed E-state index contributed by atoms with van der Waals surface area (Å²) in [6.45, 7) is 9.07. The molecule has 3 rings (SSSR count). The smallest absolute Gasteiger partial charge is 0.258 e. The molecule has 0 unspecified atom stereocenters. The minimum Gasteiger partial charge on any atom is -0.494 e. The second kappa shape index (κ2) is 7.81. The molecule has 1 aromatic carbocycles. The van der Waals surface area contributed by atoms with E-state index >= 15 is 0 Å². The molecule has 2 aromatic rings. The lowest BCUT2D eigenvalue weighted by Gasteiger charge is -2.27. The molecule has 0 saturated carbocycles. The summed E-state index contributed by atoms with van der Waals surface area (Å²) in [6, 6.07) is 11.3. The molecule has 0 saturated heterocycles. The van der Waals surface area contributed by atoms with E-state index in [1.165, 1.54) is 0 Å². The predicted octanol–water partition coefficient (Wildman–Crippen LogP) is 3.43. The van der Waals surface area contributed by atoms with E-state index in [4.69, 9.17) is 15.2 Å². The van der Waals surface area contributed by atoms with Gasteiger partial charge in [-0.05, 0) is 37.5 Å². The lowest BCUT2D eigenvalue weighted by molar-refractivity contribution is 0.340. The van der Waals surface area contributed by atoms with Crippen LogP contribution in [-0.2, 0) is 6.54 Å². The largest absolute Gasteiger partial charge is 0.494 e. The van der Waals surface area contributed by atoms with E-state index in [0.29, 0.717) is 30.4 Å². The van der Waals surface area contributed by atoms with Crippen molar-refractivity contribution in [2.75, 3.05) is 6.61 Å². The standard InChI is InChI=1S/C22H25N3O3/c1-5-27-16-8-6-15(7-9-16)19-17(11-23)21(24)28-18-10-14(4)25(12-13(2)3)22(26)20(18)19/h6-10,13,19H,5,12,24H2,1-4H3/t19-/m1/s1. The third-order valence-corrected chi connectivity index (χ3v) is 4.76. The second-order valence-corrected chi connectivity index (χ2v) is 7.30. The van der Waals surface area contributed by atoms with Crippen LogP contribution in [0.25, 0.3) is 0 Å². The SMILES string of the molecule is CCOc1ccc([C@@H]2C(C#N)=C(N)Oc3cc(C)n(CC(C)C)c(=O)c32)cc1. The molecule has 1 aliphatic rings. The number of ether oxygens (including phenoxy) is 2. The zero-order valence-corrected chi connectivity index (χ0v) is 16.7. The third-order valence-electron chi connectivity index (χ3n) is 4.76. The van der Waals surface area contributed by atoms with Gasteiger partial charge in [-0.15, -0.1) is 0 Å². The molecular formula is C22H25N3O3. The van der Waals surface area contributed by atoms with Gasteiger partial charge < -0.3 is 19.8 Å². The fourth-order valence-electron chi connectivity index (χ4n) is 3.53. The van der Waals surface area contributed by atoms with Crippen molar-refractivity contribution < 1.29 is 9.47 Å². The molecule has 6 heteroatoms. The van der Waals surface area contributed by atoms with Crippen LogP contribution in [0.4, 0.5) is 0 Å². The minimum atomic E-state index is -0.573. The number of hydrogen-bond acceptors (Lipinski definition) is 5. The summed E-state index contributed by atoms with van der Waals surface area (Å²) in [7, 11) is 0. The average molecular weight is 379 g/mol. The summed E-state index contributed by atoms with van der Waals surface area (Å²) in [5.41, 5.74) is 8.17. The Labute approximate surface area is 164 Å². The molecule has 2 heterocycles. The van der Waals surface area contributed by atoms with E-state index in [2.05, 4.69) is 19.9 Å². The summed E-state index contributed by atoms with van der Waals surface area (Å²) in [5.74, 6) is 0.914. The van der Waals surface area contributed by atoms with Crippen LogP contribution in [0.5, 0.6) is 11.5 Å². The van der Waals surface area contributed by atoms with Crippen LogP contribution in [0.3, 0.4) is 0 Å². The number of pyridine rings is 1. The first kappa shape index (κ1) is 19.6. The van der Waals surface area contributed by atoms with Gasteiger partial charge >= 0.3 is 0 Å². The molecule has 0 radical (unpaired) electrons. The van der Waals surface area contributed by atoms with Crippen LogP contribution in [0, 0.1) is 24.2 Å². The van der Waals surface area contributed by atoms with Crippen molar-refractivity contribution in [3.8, 4) is 17.6 Å². The average Bonchev–Trinajstić information content (AvgIpc) is 2.65. The quantitative estimate of drug-likeness (QED) is 0.859. The highest BCUT2D eigenvalue weighted by atomic mass is 16.5. The van der Waals surface area contributed by atoms with Gasteiger partial charge in [0.2, 0.25) is 5.88 Å². The maximum absolute atomic E-state index is 13.4. The first-order valence-electron chi connectivity index (χ1n) is 9.42. The predicted molar refractivity (Wildman–Crippen MR) is 107 cm³/mol. The Hall–Kier alpha value is -3.20. The normalized spacial score (nSPS) is 15.8. The monoisotopic (exact) mass is 379 g/mol. The minimum absolute atomic E-state index is 0.0364. The first-order valence-corrected chi connectivity index (χ1v) is 9.42. The number of benzene rings is 1. The number of rotatable bonds is 5. The van der Waals surface area contributed by atoms with Crippen molar-refractivity contribution in [3.63, 3.8) is 0 Å². The van der Waals surface area contributed by atoms with Crippen LogP contribution in [0.2, 0.25) is 0 Å². The third kappa shape index (κ3) is 3.48. The second-order valence-electron chi connectivity index (χ2n) is 7.30. The molecule has 0 spiro atoms. The van der Waals surface area contributed by atoms with Crippen LogP contribution in [-0.4, -0.2) is 11.2 Å². The van der Waals surface area contributed by atoms with Crippen molar-refractivity contribution in [3.05, 3.63) is 69.0 Å². The molecule has 1 aliphatic heterocycles. The van der Waals surface area contributed by atoms with E-state index in [1.807, 2.05) is 44.2 Å². The van der Waals surface area contributed by atoms with Gasteiger partial charge in [-0.3, -0.25) is 4.79 Å². The van der Waals surface area contributed by atoms with E-state index in [1.54, 1.807) is 4.57 Å². The van der Waals surface area contributed by atoms with Gasteiger partial charge in [0.15, 0.2) is 0 Å². The van der Waals surface area contributed by atoms with E-state index in [0.717, 1.165) is 17.0 Å². The maximum atomic E-state index is 13.4. The molecule has 6 nitrogen and oxygen atoms in total. The Balaban J connectivity index is 2.21. The van der Waals surface area contributed by atoms with E-state index in [-0.39, 0.29) is 17.0 Å². The molecule has 1 aromatic heterocycles. The van der Waals surface area contributed by atoms with Crippen molar-refractivity contribution in [1.82, 2.24) is 4.57 Å². The lowest BCUT2D eigenvalue weighted by atomic mass is 9.84. The van der Waals surface area contributed by atoms with Crippen molar-refractivity contribution in [1.29, 1.82) is 5.26 Å². The van der Waals surface area contributed by atoms with Crippen molar-refractivity contribution in [2.24, 2.45) is 11.7 Å². The van der Waals surface area contributed by atoms with Gasteiger partial charge in [-0.25, -0.2) is 0 Å². The zero-order chi connectivity index (χ0) is 20.4. The Morgan fingerprint density at radius 1 is 1.32 bits per heavy atom. The van der Waals surface area contributed by atoms with Crippen molar-refractivity contribution >= 4 is 0 Å². The van der Waals surface area contributed by atoms with Gasteiger partial charge in [-0.1, -0.05) is 26.0 Å². The number of aryl methyl sites for hydroxylation is 1. The van der Waals surface area contributed by atoms with Gasteiger partial charge in [-0.2, -0.15) is 5.26 Å². The molecular weight excluding hydrogens is 354 g/mol. The lowest BCUT2D eigenvalue weighted by Crippen LogP contribution is -2.33. The van der Waals surface area contributed by atoms with Gasteiger partial charge in [0.05, 0.1) is 18.1 Å². The van der Waals surface area contributed by atoms with E-state index in [9.17, 15) is 10.1 Å². The zero-order valence-electron chi connectivity index (χ0n) is 16.7. The number of nitrogens with zero attached hydrogens (tertiary/aromatic N) is 2. The van der Waals surface area contributed by atoms with Crippen LogP contribution in [0.15, 0.2) is 46.6 Å². The maximum Gasteiger partial charge on any atom is 0.258 e. The highest BCUT2D eigenvalue weighted by Crippen LogP contribution is 2.40. The first-order chi connectivity index (χ1) is 13.4. The van der Waals surface area contributed by atoms with Crippen LogP contribution < -0.4 is 20.8 Å². The summed E-state index contributed by atoms with van der Waals surface area (Å²) in [5, 5.41) is 9.72. The van der Waals surface area contributed by atoms with Gasteiger partial charge in [0, 0.05) is 18.3 Å². The highest BCUT2D eigenvalue weighted by Gasteiger charge is 2.34. The Morgan fingerprint density at radius 3 is 2.57 bits per heavy atom. The van der Waals surface area contributed by atoms with Gasteiger partial charge in [0.25, 0.3) is 5.56 Å². The molecule has 2 N–H and O–H groups in total. The fourth-order valence-corrected chi connectivity index (χ4v) is 3.53. The molecule has 0 aliphatic carbocycles. The fraction of sp³-hybridized carbons (Fsp3) is 0.364. The molecule has 146 valence electrons. The molecule has 28 heavy (non-hydrogen) atoms. The molecule has 0 fully saturated rings. The Kier molecular flexibility index (Phi) is 5.46. The molecule has 1 atom stereocenters. The number of aromatic nitrogens is 1. The Morgan fingerprint density at radius 2 is 2.00 bits per heavy atom. The summed E-state index contributed by atoms with van der Waals surface area (Å²) >= 11 is 0. The number of hydrogen-bond donors (Lipinski definition) is 1. The topological polar surface area (TPSA) is 90.3 Å². The van der Waals surface area contributed by atoms with Crippen molar-refractivity contribution in [2.45, 2.75) is 40.2 Å². The number of fused-ring (bicyclic) bond motifs is 1. The highest BCUT2D eigenvalue weighted by molar-refractivity contribution is 5.55. The summed E-state index contributed by atoms with van der Waals surface area (Å²) in [6.07, 6.45) is 0. The summed E-state index contributed by atoms with van der Waals surface area (Å²) < 4.78 is 12.9. The number of nitriles is 1. The Bertz CT molecular complexity index is 1010. The van der Waals surface area contributed by atoms with E-state index < -0.39 is 5.92 Å². The summed E-state index contributed by atoms with van der Waals surface area (Å²) in [4.78, 5) is 13.4. The van der Waals surface area contributed by atoms with Crippen LogP contribution >= 0.6 is 0 Å². The number of allylic oxidation sites excluding steroid dienone is 1.